The molecule has 2 N–H and O–H groups in total. The quantitative estimate of drug-likeness (QED) is 0.840. The molecule has 8 heteroatoms. The van der Waals surface area contributed by atoms with Crippen LogP contribution in [0.25, 0.3) is 0 Å². The molecule has 0 radical (unpaired) electrons. The molecule has 2 amide bonds. The van der Waals surface area contributed by atoms with Crippen LogP contribution < -0.4 is 5.32 Å². The average molecular weight is 309 g/mol. The van der Waals surface area contributed by atoms with Crippen molar-refractivity contribution in [2.24, 2.45) is 0 Å². The van der Waals surface area contributed by atoms with Crippen LogP contribution >= 0.6 is 23.2 Å². The predicted molar refractivity (Wildman–Crippen MR) is 70.3 cm³/mol. The molecule has 0 aromatic heterocycles. The second-order valence-corrected chi connectivity index (χ2v) is 4.41. The van der Waals surface area contributed by atoms with Gasteiger partial charge in [0.25, 0.3) is 0 Å². The summed E-state index contributed by atoms with van der Waals surface area (Å²) in [6, 6.07) is 1.74. The minimum atomic E-state index is -1.13. The van der Waals surface area contributed by atoms with Crippen LogP contribution in [0.3, 0.4) is 0 Å². The van der Waals surface area contributed by atoms with Crippen LogP contribution in [0.1, 0.15) is 6.92 Å². The third-order valence-corrected chi connectivity index (χ3v) is 2.78. The van der Waals surface area contributed by atoms with Gasteiger partial charge in [0.1, 0.15) is 6.54 Å². The Morgan fingerprint density at radius 1 is 1.37 bits per heavy atom. The summed E-state index contributed by atoms with van der Waals surface area (Å²) in [6.07, 6.45) is 0. The van der Waals surface area contributed by atoms with Crippen molar-refractivity contribution in [3.05, 3.63) is 28.0 Å². The van der Waals surface area contributed by atoms with Crippen molar-refractivity contribution in [2.75, 3.05) is 18.4 Å². The molecule has 19 heavy (non-hydrogen) atoms. The van der Waals surface area contributed by atoms with Crippen LogP contribution in [-0.2, 0) is 4.79 Å². The van der Waals surface area contributed by atoms with E-state index in [1.165, 1.54) is 12.1 Å². The fourth-order valence-electron chi connectivity index (χ4n) is 1.32. The Kier molecular flexibility index (Phi) is 5.38. The van der Waals surface area contributed by atoms with Crippen molar-refractivity contribution in [1.29, 1.82) is 0 Å². The molecule has 1 aromatic carbocycles. The summed E-state index contributed by atoms with van der Waals surface area (Å²) in [5.41, 5.74) is 0.185. The molecule has 0 aliphatic rings. The van der Waals surface area contributed by atoms with Crippen LogP contribution in [0.4, 0.5) is 14.9 Å². The third kappa shape index (κ3) is 4.25. The third-order valence-electron chi connectivity index (χ3n) is 2.23. The zero-order valence-electron chi connectivity index (χ0n) is 9.91. The number of carbonyl (C=O) groups is 2. The molecule has 0 atom stereocenters. The maximum Gasteiger partial charge on any atom is 0.323 e. The molecule has 0 saturated heterocycles. The Hall–Kier alpha value is -1.53. The molecule has 104 valence electrons. The molecular weight excluding hydrogens is 298 g/mol. The molecule has 0 bridgehead atoms. The summed E-state index contributed by atoms with van der Waals surface area (Å²) in [7, 11) is 0. The highest BCUT2D eigenvalue weighted by atomic mass is 35.5. The van der Waals surface area contributed by atoms with Gasteiger partial charge < -0.3 is 15.3 Å². The number of aliphatic carboxylic acids is 1. The van der Waals surface area contributed by atoms with E-state index >= 15 is 0 Å². The van der Waals surface area contributed by atoms with E-state index in [2.05, 4.69) is 5.32 Å². The van der Waals surface area contributed by atoms with Gasteiger partial charge in [-0.25, -0.2) is 9.18 Å². The fraction of sp³-hybridized carbons (Fsp3) is 0.273. The van der Waals surface area contributed by atoms with E-state index < -0.39 is 24.4 Å². The van der Waals surface area contributed by atoms with E-state index in [0.717, 1.165) is 4.90 Å². The Morgan fingerprint density at radius 3 is 2.32 bits per heavy atom. The number of benzene rings is 1. The Morgan fingerprint density at radius 2 is 1.89 bits per heavy atom. The summed E-state index contributed by atoms with van der Waals surface area (Å²) in [5, 5.41) is 10.6. The van der Waals surface area contributed by atoms with Crippen molar-refractivity contribution in [2.45, 2.75) is 6.92 Å². The van der Waals surface area contributed by atoms with E-state index in [-0.39, 0.29) is 22.3 Å². The number of carboxylic acid groups (broad SMARTS) is 1. The van der Waals surface area contributed by atoms with E-state index in [4.69, 9.17) is 28.3 Å². The minimum absolute atomic E-state index is 0.185. The number of halogens is 3. The van der Waals surface area contributed by atoms with Crippen LogP contribution in [0, 0.1) is 5.82 Å². The number of rotatable bonds is 4. The molecule has 0 spiro atoms. The van der Waals surface area contributed by atoms with Crippen molar-refractivity contribution < 1.29 is 19.1 Å². The number of urea groups is 1. The topological polar surface area (TPSA) is 69.6 Å². The Balaban J connectivity index is 2.84. The second kappa shape index (κ2) is 6.58. The van der Waals surface area contributed by atoms with Crippen LogP contribution in [0.15, 0.2) is 12.1 Å². The SMILES string of the molecule is CCN(CC(=O)O)C(=O)Nc1cc(Cl)c(F)c(Cl)c1. The van der Waals surface area contributed by atoms with E-state index in [9.17, 15) is 14.0 Å². The van der Waals surface area contributed by atoms with Gasteiger partial charge in [0, 0.05) is 12.2 Å². The predicted octanol–water partition coefficient (Wildman–Crippen LogP) is 3.07. The summed E-state index contributed by atoms with van der Waals surface area (Å²) in [6.45, 7) is 1.40. The molecule has 5 nitrogen and oxygen atoms in total. The first-order valence-electron chi connectivity index (χ1n) is 5.27. The van der Waals surface area contributed by atoms with Crippen molar-refractivity contribution >= 4 is 40.9 Å². The maximum absolute atomic E-state index is 13.2. The summed E-state index contributed by atoms with van der Waals surface area (Å²) < 4.78 is 13.2. The lowest BCUT2D eigenvalue weighted by Gasteiger charge is -2.19. The maximum atomic E-state index is 13.2. The van der Waals surface area contributed by atoms with E-state index in [0.29, 0.717) is 0 Å². The molecule has 0 unspecified atom stereocenters. The highest BCUT2D eigenvalue weighted by molar-refractivity contribution is 6.35. The van der Waals surface area contributed by atoms with Gasteiger partial charge in [-0.1, -0.05) is 23.2 Å². The fourth-order valence-corrected chi connectivity index (χ4v) is 1.81. The number of hydrogen-bond acceptors (Lipinski definition) is 2. The highest BCUT2D eigenvalue weighted by Gasteiger charge is 2.16. The van der Waals surface area contributed by atoms with Gasteiger partial charge >= 0.3 is 12.0 Å². The van der Waals surface area contributed by atoms with Crippen LogP contribution in [0.2, 0.25) is 10.0 Å². The van der Waals surface area contributed by atoms with Crippen LogP contribution in [-0.4, -0.2) is 35.1 Å². The minimum Gasteiger partial charge on any atom is -0.480 e. The first kappa shape index (κ1) is 15.5. The lowest BCUT2D eigenvalue weighted by atomic mass is 10.3. The normalized spacial score (nSPS) is 10.1. The highest BCUT2D eigenvalue weighted by Crippen LogP contribution is 2.27. The summed E-state index contributed by atoms with van der Waals surface area (Å²) in [5.74, 6) is -1.91. The first-order valence-corrected chi connectivity index (χ1v) is 6.03. The lowest BCUT2D eigenvalue weighted by molar-refractivity contribution is -0.137. The molecule has 1 aromatic rings. The smallest absolute Gasteiger partial charge is 0.323 e. The number of amides is 2. The standard InChI is InChI=1S/C11H11Cl2FN2O3/c1-2-16(5-9(17)18)11(19)15-6-3-7(12)10(14)8(13)4-6/h3-4H,2,5H2,1H3,(H,15,19)(H,17,18). The van der Waals surface area contributed by atoms with Gasteiger partial charge in [-0.3, -0.25) is 4.79 Å². The lowest BCUT2D eigenvalue weighted by Crippen LogP contribution is -2.38. The van der Waals surface area contributed by atoms with Crippen molar-refractivity contribution in [3.8, 4) is 0 Å². The zero-order chi connectivity index (χ0) is 14.6. The molecule has 0 fully saturated rings. The molecule has 0 saturated carbocycles. The molecule has 0 aliphatic heterocycles. The largest absolute Gasteiger partial charge is 0.480 e. The Bertz CT molecular complexity index is 488. The van der Waals surface area contributed by atoms with Crippen LogP contribution in [0.5, 0.6) is 0 Å². The average Bonchev–Trinajstić information content (AvgIpc) is 2.32. The van der Waals surface area contributed by atoms with E-state index in [1.54, 1.807) is 6.92 Å². The number of nitrogens with one attached hydrogen (secondary N) is 1. The molecule has 1 rings (SSSR count). The van der Waals surface area contributed by atoms with Gasteiger partial charge in [-0.05, 0) is 19.1 Å². The zero-order valence-corrected chi connectivity index (χ0v) is 11.4. The van der Waals surface area contributed by atoms with E-state index in [1.807, 2.05) is 0 Å². The van der Waals surface area contributed by atoms with Gasteiger partial charge in [0.05, 0.1) is 10.0 Å². The monoisotopic (exact) mass is 308 g/mol. The number of nitrogens with zero attached hydrogens (tertiary/aromatic N) is 1. The number of hydrogen-bond donors (Lipinski definition) is 2. The summed E-state index contributed by atoms with van der Waals surface area (Å²) in [4.78, 5) is 23.4. The second-order valence-electron chi connectivity index (χ2n) is 3.59. The molecular formula is C11H11Cl2FN2O3. The van der Waals surface area contributed by atoms with Gasteiger partial charge in [0.15, 0.2) is 5.82 Å². The first-order chi connectivity index (χ1) is 8.85. The Labute approximate surface area is 118 Å². The number of anilines is 1. The van der Waals surface area contributed by atoms with Crippen molar-refractivity contribution in [3.63, 3.8) is 0 Å². The van der Waals surface area contributed by atoms with Gasteiger partial charge in [-0.15, -0.1) is 0 Å². The number of carboxylic acids is 1. The van der Waals surface area contributed by atoms with Gasteiger partial charge in [0.2, 0.25) is 0 Å². The van der Waals surface area contributed by atoms with Crippen molar-refractivity contribution in [1.82, 2.24) is 4.90 Å². The molecule has 0 heterocycles. The number of carbonyl (C=O) groups excluding carboxylic acids is 1. The summed E-state index contributed by atoms with van der Waals surface area (Å²) >= 11 is 11.2. The number of likely N-dealkylation sites (N-methyl/N-ethyl adjacent to an activating group) is 1. The van der Waals surface area contributed by atoms with Gasteiger partial charge in [-0.2, -0.15) is 0 Å². The molecule has 0 aliphatic carbocycles.